The lowest BCUT2D eigenvalue weighted by Gasteiger charge is -2.22. The van der Waals surface area contributed by atoms with Crippen molar-refractivity contribution < 1.29 is 14.3 Å². The predicted octanol–water partition coefficient (Wildman–Crippen LogP) is 1.06. The van der Waals surface area contributed by atoms with Crippen molar-refractivity contribution in [3.8, 4) is 0 Å². The Morgan fingerprint density at radius 1 is 1.23 bits per heavy atom. The molecule has 4 aliphatic rings. The number of hydrogen-bond acceptors (Lipinski definition) is 4. The molecular formula is C16H18N2O3S. The number of anilines is 1. The quantitative estimate of drug-likeness (QED) is 0.819. The van der Waals surface area contributed by atoms with Gasteiger partial charge in [-0.1, -0.05) is 0 Å². The Balaban J connectivity index is 1.28. The molecule has 0 aromatic carbocycles. The summed E-state index contributed by atoms with van der Waals surface area (Å²) in [6, 6.07) is 2.00. The molecule has 3 aliphatic heterocycles. The van der Waals surface area contributed by atoms with Gasteiger partial charge in [-0.3, -0.25) is 9.59 Å². The summed E-state index contributed by atoms with van der Waals surface area (Å²) in [5, 5.41) is 4.02. The van der Waals surface area contributed by atoms with Crippen LogP contribution >= 0.6 is 11.3 Å². The second kappa shape index (κ2) is 4.55. The van der Waals surface area contributed by atoms with E-state index >= 15 is 0 Å². The van der Waals surface area contributed by atoms with E-state index in [1.54, 1.807) is 11.3 Å². The lowest BCUT2D eigenvalue weighted by Crippen LogP contribution is -2.37. The molecule has 1 unspecified atom stereocenters. The van der Waals surface area contributed by atoms with Crippen LogP contribution in [-0.4, -0.2) is 49.6 Å². The highest BCUT2D eigenvalue weighted by Crippen LogP contribution is 2.52. The van der Waals surface area contributed by atoms with Gasteiger partial charge < -0.3 is 14.5 Å². The summed E-state index contributed by atoms with van der Waals surface area (Å²) in [6.07, 6.45) is 0. The van der Waals surface area contributed by atoms with Gasteiger partial charge in [-0.15, -0.1) is 0 Å². The molecule has 1 aromatic heterocycles. The average Bonchev–Trinajstić information content (AvgIpc) is 3.09. The zero-order valence-corrected chi connectivity index (χ0v) is 13.0. The van der Waals surface area contributed by atoms with E-state index in [9.17, 15) is 9.59 Å². The number of rotatable bonds is 2. The molecule has 5 atom stereocenters. The number of ether oxygens (including phenoxy) is 1. The SMILES string of the molecule is O=C(C1[C@H]2COC[C@@H]12)N1C[C@H]2CN(c3ccsc3)C(=O)[C@H]2C1. The van der Waals surface area contributed by atoms with Gasteiger partial charge in [-0.25, -0.2) is 0 Å². The standard InChI is InChI=1S/C16H18N2O3S/c19-15-11-5-17(16(20)14-12-6-21-7-13(12)14)3-9(11)4-18(15)10-1-2-22-8-10/h1-2,8-9,11-14H,3-7H2/t9-,11-,12-,13+,14?/m0/s1. The Bertz CT molecular complexity index is 621. The number of thiophene rings is 1. The Morgan fingerprint density at radius 3 is 2.73 bits per heavy atom. The molecule has 2 amide bonds. The van der Waals surface area contributed by atoms with Crippen LogP contribution in [0.5, 0.6) is 0 Å². The molecule has 1 aromatic rings. The number of likely N-dealkylation sites (tertiary alicyclic amines) is 1. The predicted molar refractivity (Wildman–Crippen MR) is 81.5 cm³/mol. The Hall–Kier alpha value is -1.40. The second-order valence-corrected chi connectivity index (χ2v) is 7.71. The van der Waals surface area contributed by atoms with Crippen molar-refractivity contribution in [2.75, 3.05) is 37.7 Å². The van der Waals surface area contributed by atoms with Gasteiger partial charge in [0.25, 0.3) is 0 Å². The largest absolute Gasteiger partial charge is 0.381 e. The molecule has 4 fully saturated rings. The summed E-state index contributed by atoms with van der Waals surface area (Å²) in [4.78, 5) is 29.1. The molecule has 0 spiro atoms. The molecule has 1 aliphatic carbocycles. The fourth-order valence-corrected chi connectivity index (χ4v) is 5.14. The Morgan fingerprint density at radius 2 is 2.05 bits per heavy atom. The van der Waals surface area contributed by atoms with Crippen LogP contribution in [0.1, 0.15) is 0 Å². The van der Waals surface area contributed by atoms with Gasteiger partial charge in [-0.2, -0.15) is 11.3 Å². The van der Waals surface area contributed by atoms with Crippen LogP contribution in [0.25, 0.3) is 0 Å². The normalized spacial score (nSPS) is 39.3. The topological polar surface area (TPSA) is 49.9 Å². The van der Waals surface area contributed by atoms with Crippen LogP contribution < -0.4 is 4.90 Å². The van der Waals surface area contributed by atoms with E-state index in [1.807, 2.05) is 26.6 Å². The molecule has 5 rings (SSSR count). The van der Waals surface area contributed by atoms with Crippen molar-refractivity contribution in [1.29, 1.82) is 0 Å². The van der Waals surface area contributed by atoms with Crippen LogP contribution in [0.15, 0.2) is 16.8 Å². The van der Waals surface area contributed by atoms with Crippen molar-refractivity contribution in [3.05, 3.63) is 16.8 Å². The van der Waals surface area contributed by atoms with Crippen molar-refractivity contribution in [3.63, 3.8) is 0 Å². The number of amides is 2. The average molecular weight is 318 g/mol. The third-order valence-corrected chi connectivity index (χ3v) is 6.48. The molecule has 116 valence electrons. The maximum atomic E-state index is 12.6. The molecule has 0 radical (unpaired) electrons. The summed E-state index contributed by atoms with van der Waals surface area (Å²) in [7, 11) is 0. The number of fused-ring (bicyclic) bond motifs is 2. The fraction of sp³-hybridized carbons (Fsp3) is 0.625. The first-order valence-corrected chi connectivity index (χ1v) is 8.88. The third-order valence-electron chi connectivity index (χ3n) is 5.81. The molecule has 4 heterocycles. The molecule has 5 nitrogen and oxygen atoms in total. The minimum absolute atomic E-state index is 0.00121. The Kier molecular flexibility index (Phi) is 2.71. The minimum Gasteiger partial charge on any atom is -0.381 e. The van der Waals surface area contributed by atoms with Gasteiger partial charge in [-0.05, 0) is 23.3 Å². The summed E-state index contributed by atoms with van der Waals surface area (Å²) >= 11 is 1.61. The summed E-state index contributed by atoms with van der Waals surface area (Å²) in [6.45, 7) is 3.59. The third kappa shape index (κ3) is 1.74. The van der Waals surface area contributed by atoms with E-state index in [0.29, 0.717) is 24.3 Å². The van der Waals surface area contributed by atoms with E-state index in [0.717, 1.165) is 32.0 Å². The zero-order valence-electron chi connectivity index (χ0n) is 12.2. The molecule has 22 heavy (non-hydrogen) atoms. The van der Waals surface area contributed by atoms with Crippen molar-refractivity contribution in [2.45, 2.75) is 0 Å². The number of nitrogens with zero attached hydrogens (tertiary/aromatic N) is 2. The molecule has 3 saturated heterocycles. The Labute approximate surface area is 132 Å². The van der Waals surface area contributed by atoms with E-state index in [-0.39, 0.29) is 23.7 Å². The highest BCUT2D eigenvalue weighted by atomic mass is 32.1. The molecule has 0 bridgehead atoms. The maximum Gasteiger partial charge on any atom is 0.232 e. The maximum absolute atomic E-state index is 12.6. The summed E-state index contributed by atoms with van der Waals surface area (Å²) in [5.74, 6) is 1.83. The van der Waals surface area contributed by atoms with E-state index in [2.05, 4.69) is 0 Å². The van der Waals surface area contributed by atoms with Crippen LogP contribution in [-0.2, 0) is 14.3 Å². The first kappa shape index (κ1) is 13.1. The zero-order chi connectivity index (χ0) is 14.8. The van der Waals surface area contributed by atoms with Gasteiger partial charge >= 0.3 is 0 Å². The van der Waals surface area contributed by atoms with Gasteiger partial charge in [0, 0.05) is 36.9 Å². The lowest BCUT2D eigenvalue weighted by atomic mass is 10.0. The van der Waals surface area contributed by atoms with Crippen LogP contribution in [0.2, 0.25) is 0 Å². The summed E-state index contributed by atoms with van der Waals surface area (Å²) in [5.41, 5.74) is 1.01. The highest BCUT2D eigenvalue weighted by molar-refractivity contribution is 7.08. The van der Waals surface area contributed by atoms with Crippen molar-refractivity contribution in [2.24, 2.45) is 29.6 Å². The van der Waals surface area contributed by atoms with E-state index in [1.165, 1.54) is 0 Å². The van der Waals surface area contributed by atoms with Crippen LogP contribution in [0.4, 0.5) is 5.69 Å². The first-order valence-electron chi connectivity index (χ1n) is 7.94. The van der Waals surface area contributed by atoms with Crippen molar-refractivity contribution >= 4 is 28.8 Å². The van der Waals surface area contributed by atoms with Gasteiger partial charge in [0.05, 0.1) is 24.8 Å². The van der Waals surface area contributed by atoms with Crippen LogP contribution in [0.3, 0.4) is 0 Å². The van der Waals surface area contributed by atoms with Crippen LogP contribution in [0, 0.1) is 29.6 Å². The number of carbonyl (C=O) groups excluding carboxylic acids is 2. The minimum atomic E-state index is -0.00121. The van der Waals surface area contributed by atoms with E-state index in [4.69, 9.17) is 4.74 Å². The molecule has 6 heteroatoms. The molecule has 1 saturated carbocycles. The van der Waals surface area contributed by atoms with Gasteiger partial charge in [0.2, 0.25) is 11.8 Å². The van der Waals surface area contributed by atoms with Gasteiger partial charge in [0.15, 0.2) is 0 Å². The molecule has 0 N–H and O–H groups in total. The van der Waals surface area contributed by atoms with Crippen molar-refractivity contribution in [1.82, 2.24) is 4.90 Å². The number of carbonyl (C=O) groups is 2. The first-order chi connectivity index (χ1) is 10.7. The van der Waals surface area contributed by atoms with Gasteiger partial charge in [0.1, 0.15) is 0 Å². The summed E-state index contributed by atoms with van der Waals surface area (Å²) < 4.78 is 5.37. The lowest BCUT2D eigenvalue weighted by molar-refractivity contribution is -0.133. The number of hydrogen-bond donors (Lipinski definition) is 0. The second-order valence-electron chi connectivity index (χ2n) is 6.93. The fourth-order valence-electron chi connectivity index (χ4n) is 4.50. The highest BCUT2D eigenvalue weighted by Gasteiger charge is 2.60. The van der Waals surface area contributed by atoms with E-state index < -0.39 is 0 Å². The molecular weight excluding hydrogens is 300 g/mol. The smallest absolute Gasteiger partial charge is 0.232 e. The monoisotopic (exact) mass is 318 g/mol.